The molecule has 29 heavy (non-hydrogen) atoms. The zero-order chi connectivity index (χ0) is 19.8. The highest BCUT2D eigenvalue weighted by Crippen LogP contribution is 2.21. The van der Waals surface area contributed by atoms with Gasteiger partial charge in [-0.15, -0.1) is 12.4 Å². The van der Waals surface area contributed by atoms with Gasteiger partial charge in [-0.05, 0) is 37.0 Å². The number of nitrogens with two attached hydrogens (primary N) is 1. The van der Waals surface area contributed by atoms with Gasteiger partial charge in [0.15, 0.2) is 0 Å². The third-order valence-electron chi connectivity index (χ3n) is 5.30. The Morgan fingerprint density at radius 3 is 2.31 bits per heavy atom. The van der Waals surface area contributed by atoms with Crippen LogP contribution in [0.2, 0.25) is 0 Å². The van der Waals surface area contributed by atoms with Crippen molar-refractivity contribution in [2.45, 2.75) is 19.3 Å². The van der Waals surface area contributed by atoms with Gasteiger partial charge in [-0.25, -0.2) is 0 Å². The fraction of sp³-hybridized carbons (Fsp3) is 0.391. The lowest BCUT2D eigenvalue weighted by molar-refractivity contribution is -0.136. The van der Waals surface area contributed by atoms with Crippen LogP contribution >= 0.6 is 12.4 Å². The highest BCUT2D eigenvalue weighted by Gasteiger charge is 2.31. The highest BCUT2D eigenvalue weighted by molar-refractivity contribution is 5.94. The van der Waals surface area contributed by atoms with Crippen molar-refractivity contribution in [3.63, 3.8) is 0 Å². The Labute approximate surface area is 179 Å². The van der Waals surface area contributed by atoms with Gasteiger partial charge in [-0.3, -0.25) is 9.59 Å². The van der Waals surface area contributed by atoms with Gasteiger partial charge < -0.3 is 15.5 Å². The normalized spacial score (nSPS) is 16.0. The summed E-state index contributed by atoms with van der Waals surface area (Å²) in [7, 11) is 0. The molecule has 0 radical (unpaired) electrons. The van der Waals surface area contributed by atoms with Crippen molar-refractivity contribution in [1.82, 2.24) is 9.80 Å². The topological polar surface area (TPSA) is 66.6 Å². The number of hydrogen-bond acceptors (Lipinski definition) is 3. The molecule has 1 fully saturated rings. The van der Waals surface area contributed by atoms with Gasteiger partial charge in [-0.2, -0.15) is 0 Å². The lowest BCUT2D eigenvalue weighted by atomic mass is 9.95. The zero-order valence-electron chi connectivity index (χ0n) is 16.7. The first-order valence-electron chi connectivity index (χ1n) is 10.1. The van der Waals surface area contributed by atoms with Crippen LogP contribution in [0, 0.1) is 5.92 Å². The summed E-state index contributed by atoms with van der Waals surface area (Å²) in [5, 5.41) is 0. The van der Waals surface area contributed by atoms with Crippen LogP contribution in [0.15, 0.2) is 60.7 Å². The molecule has 1 unspecified atom stereocenters. The van der Waals surface area contributed by atoms with E-state index in [9.17, 15) is 9.59 Å². The molecule has 0 aromatic heterocycles. The number of rotatable bonds is 7. The van der Waals surface area contributed by atoms with Crippen LogP contribution in [-0.2, 0) is 11.2 Å². The summed E-state index contributed by atoms with van der Waals surface area (Å²) in [6, 6.07) is 19.5. The number of carbonyl (C=O) groups excluding carboxylic acids is 2. The van der Waals surface area contributed by atoms with E-state index in [1.54, 1.807) is 0 Å². The summed E-state index contributed by atoms with van der Waals surface area (Å²) in [6.07, 6.45) is 2.49. The molecular formula is C23H30ClN3O2. The molecule has 1 atom stereocenters. The molecule has 0 saturated carbocycles. The van der Waals surface area contributed by atoms with E-state index in [0.717, 1.165) is 19.3 Å². The monoisotopic (exact) mass is 415 g/mol. The predicted molar refractivity (Wildman–Crippen MR) is 118 cm³/mol. The van der Waals surface area contributed by atoms with Crippen molar-refractivity contribution in [1.29, 1.82) is 0 Å². The van der Waals surface area contributed by atoms with Gasteiger partial charge in [0.2, 0.25) is 5.91 Å². The Morgan fingerprint density at radius 1 is 1.00 bits per heavy atom. The first-order valence-corrected chi connectivity index (χ1v) is 10.1. The molecule has 6 heteroatoms. The van der Waals surface area contributed by atoms with E-state index in [2.05, 4.69) is 12.1 Å². The second-order valence-electron chi connectivity index (χ2n) is 7.31. The fourth-order valence-corrected chi connectivity index (χ4v) is 3.78. The first-order chi connectivity index (χ1) is 13.7. The summed E-state index contributed by atoms with van der Waals surface area (Å²) in [5.41, 5.74) is 7.65. The number of hydrogen-bond donors (Lipinski definition) is 1. The maximum atomic E-state index is 13.1. The minimum atomic E-state index is -0.149. The average Bonchev–Trinajstić information content (AvgIpc) is 2.77. The molecule has 0 spiro atoms. The third-order valence-corrected chi connectivity index (χ3v) is 5.30. The van der Waals surface area contributed by atoms with E-state index >= 15 is 0 Å². The van der Waals surface area contributed by atoms with Crippen LogP contribution in [0.3, 0.4) is 0 Å². The smallest absolute Gasteiger partial charge is 0.253 e. The van der Waals surface area contributed by atoms with Crippen molar-refractivity contribution in [2.24, 2.45) is 11.7 Å². The number of carbonyl (C=O) groups is 2. The molecule has 1 aliphatic rings. The maximum absolute atomic E-state index is 13.1. The van der Waals surface area contributed by atoms with Crippen molar-refractivity contribution < 1.29 is 9.59 Å². The van der Waals surface area contributed by atoms with Gasteiger partial charge in [-0.1, -0.05) is 48.5 Å². The van der Waals surface area contributed by atoms with Gasteiger partial charge in [0.25, 0.3) is 5.91 Å². The third kappa shape index (κ3) is 6.31. The molecule has 1 aliphatic heterocycles. The fourth-order valence-electron chi connectivity index (χ4n) is 3.78. The summed E-state index contributed by atoms with van der Waals surface area (Å²) >= 11 is 0. The molecule has 1 saturated heterocycles. The van der Waals surface area contributed by atoms with Crippen molar-refractivity contribution in [3.05, 3.63) is 71.8 Å². The number of halogens is 1. The Bertz CT molecular complexity index is 770. The molecule has 5 nitrogen and oxygen atoms in total. The average molecular weight is 416 g/mol. The summed E-state index contributed by atoms with van der Waals surface area (Å²) in [4.78, 5) is 29.6. The zero-order valence-corrected chi connectivity index (χ0v) is 17.5. The standard InChI is InChI=1S/C23H29N3O2.ClH/c24-14-17-25(16-13-19-8-3-1-4-9-19)23(28)21-12-7-15-26(18-21)22(27)20-10-5-2-6-11-20;/h1-6,8-11,21H,7,12-18,24H2;1H. The van der Waals surface area contributed by atoms with Gasteiger partial charge in [0.1, 0.15) is 0 Å². The predicted octanol–water partition coefficient (Wildman–Crippen LogP) is 2.99. The first kappa shape index (κ1) is 22.9. The minimum Gasteiger partial charge on any atom is -0.341 e. The Kier molecular flexibility index (Phi) is 9.16. The molecule has 2 aromatic rings. The summed E-state index contributed by atoms with van der Waals surface area (Å²) in [6.45, 7) is 2.84. The van der Waals surface area contributed by atoms with E-state index in [-0.39, 0.29) is 30.1 Å². The number of nitrogens with zero attached hydrogens (tertiary/aromatic N) is 2. The quantitative estimate of drug-likeness (QED) is 0.755. The Hall–Kier alpha value is -2.37. The maximum Gasteiger partial charge on any atom is 0.253 e. The molecule has 3 rings (SSSR count). The molecule has 1 heterocycles. The van der Waals surface area contributed by atoms with E-state index in [1.807, 2.05) is 58.3 Å². The number of piperidine rings is 1. The number of likely N-dealkylation sites (tertiary alicyclic amines) is 1. The van der Waals surface area contributed by atoms with E-state index in [1.165, 1.54) is 5.56 Å². The molecule has 2 amide bonds. The van der Waals surface area contributed by atoms with Gasteiger partial charge in [0, 0.05) is 38.3 Å². The highest BCUT2D eigenvalue weighted by atomic mass is 35.5. The van der Waals surface area contributed by atoms with Crippen LogP contribution in [0.1, 0.15) is 28.8 Å². The van der Waals surface area contributed by atoms with Crippen LogP contribution in [0.4, 0.5) is 0 Å². The molecular weight excluding hydrogens is 386 g/mol. The Morgan fingerprint density at radius 2 is 1.66 bits per heavy atom. The minimum absolute atomic E-state index is 0. The number of amides is 2. The van der Waals surface area contributed by atoms with E-state index < -0.39 is 0 Å². The van der Waals surface area contributed by atoms with Crippen molar-refractivity contribution in [3.8, 4) is 0 Å². The molecule has 2 aromatic carbocycles. The Balaban J connectivity index is 0.00000300. The van der Waals surface area contributed by atoms with Crippen LogP contribution < -0.4 is 5.73 Å². The molecule has 0 bridgehead atoms. The summed E-state index contributed by atoms with van der Waals surface area (Å²) in [5.74, 6) is -0.0246. The second kappa shape index (κ2) is 11.6. The van der Waals surface area contributed by atoms with Crippen LogP contribution in [-0.4, -0.2) is 54.3 Å². The number of benzene rings is 2. The van der Waals surface area contributed by atoms with E-state index in [4.69, 9.17) is 5.73 Å². The van der Waals surface area contributed by atoms with Crippen molar-refractivity contribution >= 4 is 24.2 Å². The lowest BCUT2D eigenvalue weighted by Crippen LogP contribution is -2.48. The second-order valence-corrected chi connectivity index (χ2v) is 7.31. The van der Waals surface area contributed by atoms with Gasteiger partial charge >= 0.3 is 0 Å². The summed E-state index contributed by atoms with van der Waals surface area (Å²) < 4.78 is 0. The van der Waals surface area contributed by atoms with Crippen molar-refractivity contribution in [2.75, 3.05) is 32.7 Å². The van der Waals surface area contributed by atoms with Crippen LogP contribution in [0.5, 0.6) is 0 Å². The largest absolute Gasteiger partial charge is 0.341 e. The van der Waals surface area contributed by atoms with E-state index in [0.29, 0.717) is 38.3 Å². The molecule has 156 valence electrons. The SMILES string of the molecule is Cl.NCCN(CCc1ccccc1)C(=O)C1CCCN(C(=O)c2ccccc2)C1. The van der Waals surface area contributed by atoms with Crippen LogP contribution in [0.25, 0.3) is 0 Å². The molecule has 0 aliphatic carbocycles. The molecule has 2 N–H and O–H groups in total. The van der Waals surface area contributed by atoms with Gasteiger partial charge in [0.05, 0.1) is 5.92 Å². The lowest BCUT2D eigenvalue weighted by Gasteiger charge is -2.35.